The molecule has 2 aromatic rings. The summed E-state index contributed by atoms with van der Waals surface area (Å²) in [6.45, 7) is 0. The lowest BCUT2D eigenvalue weighted by Crippen LogP contribution is -2.08. The molecule has 0 aliphatic heterocycles. The van der Waals surface area contributed by atoms with Crippen LogP contribution >= 0.6 is 34.5 Å². The van der Waals surface area contributed by atoms with Crippen LogP contribution in [0.2, 0.25) is 10.0 Å². The fourth-order valence-electron chi connectivity index (χ4n) is 1.32. The second-order valence-corrected chi connectivity index (χ2v) is 5.05. The number of hydrogen-bond donors (Lipinski definition) is 1. The first-order chi connectivity index (χ1) is 8.66. The van der Waals surface area contributed by atoms with E-state index < -0.39 is 0 Å². The molecule has 18 heavy (non-hydrogen) atoms. The SMILES string of the molecule is O=C(/C=C/c1ccsc1)Nc1cccc(Cl)c1Cl. The van der Waals surface area contributed by atoms with Crippen molar-refractivity contribution in [3.8, 4) is 0 Å². The smallest absolute Gasteiger partial charge is 0.248 e. The van der Waals surface area contributed by atoms with Gasteiger partial charge < -0.3 is 5.32 Å². The van der Waals surface area contributed by atoms with Gasteiger partial charge in [0.1, 0.15) is 0 Å². The highest BCUT2D eigenvalue weighted by atomic mass is 35.5. The van der Waals surface area contributed by atoms with Crippen LogP contribution < -0.4 is 5.32 Å². The average molecular weight is 298 g/mol. The van der Waals surface area contributed by atoms with Gasteiger partial charge in [-0.1, -0.05) is 29.3 Å². The van der Waals surface area contributed by atoms with Crippen LogP contribution in [0.5, 0.6) is 0 Å². The van der Waals surface area contributed by atoms with Gasteiger partial charge in [0.2, 0.25) is 5.91 Å². The Balaban J connectivity index is 2.05. The van der Waals surface area contributed by atoms with Crippen molar-refractivity contribution in [2.45, 2.75) is 0 Å². The summed E-state index contributed by atoms with van der Waals surface area (Å²) >= 11 is 13.4. The minimum Gasteiger partial charge on any atom is -0.321 e. The number of carbonyl (C=O) groups excluding carboxylic acids is 1. The van der Waals surface area contributed by atoms with Gasteiger partial charge in [-0.05, 0) is 40.6 Å². The molecule has 0 bridgehead atoms. The summed E-state index contributed by atoms with van der Waals surface area (Å²) < 4.78 is 0. The van der Waals surface area contributed by atoms with Gasteiger partial charge in [0.15, 0.2) is 0 Å². The van der Waals surface area contributed by atoms with E-state index in [-0.39, 0.29) is 5.91 Å². The minimum atomic E-state index is -0.245. The van der Waals surface area contributed by atoms with Gasteiger partial charge in [0.25, 0.3) is 0 Å². The quantitative estimate of drug-likeness (QED) is 0.817. The van der Waals surface area contributed by atoms with Crippen molar-refractivity contribution in [1.82, 2.24) is 0 Å². The molecule has 0 saturated heterocycles. The predicted molar refractivity (Wildman–Crippen MR) is 78.4 cm³/mol. The van der Waals surface area contributed by atoms with E-state index in [0.717, 1.165) is 5.56 Å². The minimum absolute atomic E-state index is 0.245. The van der Waals surface area contributed by atoms with Crippen molar-refractivity contribution in [1.29, 1.82) is 0 Å². The Kier molecular flexibility index (Phi) is 4.42. The van der Waals surface area contributed by atoms with Gasteiger partial charge in [-0.2, -0.15) is 11.3 Å². The largest absolute Gasteiger partial charge is 0.321 e. The van der Waals surface area contributed by atoms with Crippen LogP contribution in [0.4, 0.5) is 5.69 Å². The van der Waals surface area contributed by atoms with Crippen molar-refractivity contribution in [3.05, 3.63) is 56.7 Å². The average Bonchev–Trinajstić information content (AvgIpc) is 2.86. The Bertz CT molecular complexity index is 579. The third kappa shape index (κ3) is 3.35. The summed E-state index contributed by atoms with van der Waals surface area (Å²) in [4.78, 5) is 11.7. The van der Waals surface area contributed by atoms with Gasteiger partial charge >= 0.3 is 0 Å². The molecule has 0 atom stereocenters. The number of carbonyl (C=O) groups is 1. The van der Waals surface area contributed by atoms with E-state index >= 15 is 0 Å². The lowest BCUT2D eigenvalue weighted by atomic mass is 10.3. The van der Waals surface area contributed by atoms with Crippen molar-refractivity contribution in [2.24, 2.45) is 0 Å². The van der Waals surface area contributed by atoms with Gasteiger partial charge in [0, 0.05) is 6.08 Å². The predicted octanol–water partition coefficient (Wildman–Crippen LogP) is 4.71. The summed E-state index contributed by atoms with van der Waals surface area (Å²) in [5.41, 5.74) is 1.50. The second kappa shape index (κ2) is 6.05. The first-order valence-corrected chi connectivity index (χ1v) is 6.82. The monoisotopic (exact) mass is 297 g/mol. The maximum Gasteiger partial charge on any atom is 0.248 e. The molecular weight excluding hydrogens is 289 g/mol. The number of halogens is 2. The summed E-state index contributed by atoms with van der Waals surface area (Å²) in [6.07, 6.45) is 3.20. The van der Waals surface area contributed by atoms with Crippen LogP contribution in [0.15, 0.2) is 41.1 Å². The van der Waals surface area contributed by atoms with E-state index in [9.17, 15) is 4.79 Å². The molecule has 0 spiro atoms. The Labute approximate surface area is 119 Å². The molecule has 0 saturated carbocycles. The molecule has 0 radical (unpaired) electrons. The van der Waals surface area contributed by atoms with Gasteiger partial charge in [0.05, 0.1) is 15.7 Å². The fraction of sp³-hybridized carbons (Fsp3) is 0. The first kappa shape index (κ1) is 13.1. The van der Waals surface area contributed by atoms with E-state index in [2.05, 4.69) is 5.32 Å². The van der Waals surface area contributed by atoms with Crippen LogP contribution in [0.1, 0.15) is 5.56 Å². The zero-order valence-electron chi connectivity index (χ0n) is 9.19. The Morgan fingerprint density at radius 3 is 2.83 bits per heavy atom. The molecule has 1 aromatic heterocycles. The normalized spacial score (nSPS) is 10.8. The van der Waals surface area contributed by atoms with Crippen molar-refractivity contribution in [2.75, 3.05) is 5.32 Å². The molecule has 92 valence electrons. The fourth-order valence-corrected chi connectivity index (χ4v) is 2.29. The maximum absolute atomic E-state index is 11.7. The standard InChI is InChI=1S/C13H9Cl2NOS/c14-10-2-1-3-11(13(10)15)16-12(17)5-4-9-6-7-18-8-9/h1-8H,(H,16,17)/b5-4+. The highest BCUT2D eigenvalue weighted by molar-refractivity contribution is 7.08. The number of thiophene rings is 1. The van der Waals surface area contributed by atoms with Crippen molar-refractivity contribution < 1.29 is 4.79 Å². The molecule has 0 aliphatic carbocycles. The Morgan fingerprint density at radius 2 is 2.11 bits per heavy atom. The lowest BCUT2D eigenvalue weighted by Gasteiger charge is -2.05. The third-order valence-corrected chi connectivity index (χ3v) is 3.70. The van der Waals surface area contributed by atoms with Crippen LogP contribution in [-0.4, -0.2) is 5.91 Å². The number of hydrogen-bond acceptors (Lipinski definition) is 2. The highest BCUT2D eigenvalue weighted by Gasteiger charge is 2.05. The molecular formula is C13H9Cl2NOS. The van der Waals surface area contributed by atoms with Gasteiger partial charge in [-0.25, -0.2) is 0 Å². The van der Waals surface area contributed by atoms with Gasteiger partial charge in [-0.3, -0.25) is 4.79 Å². The summed E-state index contributed by atoms with van der Waals surface area (Å²) in [5.74, 6) is -0.245. The molecule has 2 rings (SSSR count). The van der Waals surface area contributed by atoms with E-state index in [1.54, 1.807) is 35.6 Å². The van der Waals surface area contributed by atoms with E-state index in [4.69, 9.17) is 23.2 Å². The summed E-state index contributed by atoms with van der Waals surface area (Å²) in [5, 5.41) is 7.34. The molecule has 1 heterocycles. The number of nitrogens with one attached hydrogen (secondary N) is 1. The molecule has 0 aliphatic rings. The van der Waals surface area contributed by atoms with E-state index in [1.807, 2.05) is 16.8 Å². The summed E-state index contributed by atoms with van der Waals surface area (Å²) in [6, 6.07) is 7.03. The van der Waals surface area contributed by atoms with Gasteiger partial charge in [-0.15, -0.1) is 0 Å². The molecule has 0 unspecified atom stereocenters. The van der Waals surface area contributed by atoms with Crippen molar-refractivity contribution >= 4 is 52.2 Å². The third-order valence-electron chi connectivity index (χ3n) is 2.18. The first-order valence-electron chi connectivity index (χ1n) is 5.12. The van der Waals surface area contributed by atoms with Crippen LogP contribution in [-0.2, 0) is 4.79 Å². The second-order valence-electron chi connectivity index (χ2n) is 3.48. The zero-order valence-corrected chi connectivity index (χ0v) is 11.5. The Hall–Kier alpha value is -1.29. The molecule has 1 amide bonds. The summed E-state index contributed by atoms with van der Waals surface area (Å²) in [7, 11) is 0. The number of anilines is 1. The van der Waals surface area contributed by atoms with E-state index in [1.165, 1.54) is 6.08 Å². The number of rotatable bonds is 3. The molecule has 1 N–H and O–H groups in total. The molecule has 2 nitrogen and oxygen atoms in total. The highest BCUT2D eigenvalue weighted by Crippen LogP contribution is 2.29. The van der Waals surface area contributed by atoms with Crippen LogP contribution in [0, 0.1) is 0 Å². The van der Waals surface area contributed by atoms with Crippen molar-refractivity contribution in [3.63, 3.8) is 0 Å². The molecule has 0 fully saturated rings. The zero-order chi connectivity index (χ0) is 13.0. The Morgan fingerprint density at radius 1 is 1.28 bits per heavy atom. The van der Waals surface area contributed by atoms with Crippen LogP contribution in [0.25, 0.3) is 6.08 Å². The van der Waals surface area contributed by atoms with E-state index in [0.29, 0.717) is 15.7 Å². The lowest BCUT2D eigenvalue weighted by molar-refractivity contribution is -0.111. The topological polar surface area (TPSA) is 29.1 Å². The number of amides is 1. The molecule has 1 aromatic carbocycles. The number of benzene rings is 1. The van der Waals surface area contributed by atoms with Crippen LogP contribution in [0.3, 0.4) is 0 Å². The maximum atomic E-state index is 11.7. The molecule has 5 heteroatoms.